The van der Waals surface area contributed by atoms with Gasteiger partial charge in [-0.25, -0.2) is 18.1 Å². The number of rotatable bonds is 11. The Morgan fingerprint density at radius 1 is 1.06 bits per heavy atom. The Morgan fingerprint density at radius 2 is 1.79 bits per heavy atom. The quantitative estimate of drug-likeness (QED) is 0.210. The molecule has 1 aliphatic carbocycles. The van der Waals surface area contributed by atoms with Crippen LogP contribution in [0, 0.1) is 11.7 Å². The molecular formula is C35H39ClF3N3O5S. The van der Waals surface area contributed by atoms with E-state index in [1.807, 2.05) is 29.2 Å². The number of carbonyl (C=O) groups excluding carboxylic acids is 3. The molecule has 1 amide bonds. The van der Waals surface area contributed by atoms with Crippen molar-refractivity contribution >= 4 is 56.4 Å². The van der Waals surface area contributed by atoms with Crippen LogP contribution in [-0.2, 0) is 25.5 Å². The van der Waals surface area contributed by atoms with Crippen LogP contribution in [0.15, 0.2) is 41.8 Å². The first kappa shape index (κ1) is 34.8. The van der Waals surface area contributed by atoms with Gasteiger partial charge in [0, 0.05) is 47.9 Å². The van der Waals surface area contributed by atoms with Crippen molar-refractivity contribution in [1.82, 2.24) is 9.80 Å². The molecule has 0 radical (unpaired) electrons. The standard InChI is InChI=1S/C35H39ClF3N3O5S/c1-2-46-33(45)22-9-11-24(12-10-22)47-35(41-14-5-6-15-41,42-16-13-34(38,39)21-42)31(43)18-23-17-27(36)29(19-28(23)37)40-32(44)26-20-48-30-8-4-3-7-25(26)30/h3-4,7-8,17,19-20,22,24H,2,5-6,9-16,18,21H2,1H3,(H,40,44). The summed E-state index contributed by atoms with van der Waals surface area (Å²) in [5.74, 6) is -7.20. The average molecular weight is 706 g/mol. The number of esters is 1. The molecule has 3 fully saturated rings. The number of likely N-dealkylation sites (tertiary alicyclic amines) is 2. The van der Waals surface area contributed by atoms with E-state index in [0.29, 0.717) is 44.3 Å². The van der Waals surface area contributed by atoms with E-state index in [1.54, 1.807) is 12.3 Å². The van der Waals surface area contributed by atoms with Crippen molar-refractivity contribution in [3.63, 3.8) is 0 Å². The lowest BCUT2D eigenvalue weighted by molar-refractivity contribution is -0.255. The molecule has 3 heterocycles. The highest BCUT2D eigenvalue weighted by atomic mass is 35.5. The Morgan fingerprint density at radius 3 is 2.48 bits per heavy atom. The first-order valence-electron chi connectivity index (χ1n) is 16.5. The van der Waals surface area contributed by atoms with Crippen LogP contribution in [0.4, 0.5) is 18.9 Å². The van der Waals surface area contributed by atoms with Crippen LogP contribution in [0.3, 0.4) is 0 Å². The first-order chi connectivity index (χ1) is 23.0. The highest BCUT2D eigenvalue weighted by Gasteiger charge is 2.57. The van der Waals surface area contributed by atoms with Crippen molar-refractivity contribution in [2.24, 2.45) is 5.92 Å². The molecular weight excluding hydrogens is 667 g/mol. The van der Waals surface area contributed by atoms with Gasteiger partial charge in [-0.2, -0.15) is 0 Å². The van der Waals surface area contributed by atoms with E-state index >= 15 is 4.39 Å². The number of benzene rings is 2. The predicted molar refractivity (Wildman–Crippen MR) is 178 cm³/mol. The number of anilines is 1. The number of carbonyl (C=O) groups is 3. The number of ether oxygens (including phenoxy) is 2. The molecule has 1 unspecified atom stereocenters. The van der Waals surface area contributed by atoms with Gasteiger partial charge in [-0.15, -0.1) is 11.3 Å². The molecule has 2 saturated heterocycles. The minimum atomic E-state index is -3.02. The van der Waals surface area contributed by atoms with Crippen molar-refractivity contribution in [2.45, 2.75) is 76.2 Å². The zero-order chi connectivity index (χ0) is 34.1. The largest absolute Gasteiger partial charge is 0.466 e. The van der Waals surface area contributed by atoms with E-state index in [-0.39, 0.29) is 41.3 Å². The number of halogens is 4. The Labute approximate surface area is 286 Å². The molecule has 258 valence electrons. The second kappa shape index (κ2) is 14.4. The van der Waals surface area contributed by atoms with E-state index < -0.39 is 54.8 Å². The molecule has 1 aromatic heterocycles. The van der Waals surface area contributed by atoms with Crippen LogP contribution >= 0.6 is 22.9 Å². The smallest absolute Gasteiger partial charge is 0.308 e. The number of amides is 1. The maximum atomic E-state index is 15.8. The monoisotopic (exact) mass is 705 g/mol. The molecule has 3 aliphatic rings. The van der Waals surface area contributed by atoms with Crippen LogP contribution in [-0.4, -0.2) is 78.1 Å². The average Bonchev–Trinajstić information content (AvgIpc) is 3.83. The number of hydrogen-bond acceptors (Lipinski definition) is 8. The molecule has 1 saturated carbocycles. The molecule has 1 N–H and O–H groups in total. The Kier molecular flexibility index (Phi) is 10.5. The summed E-state index contributed by atoms with van der Waals surface area (Å²) in [7, 11) is 0. The summed E-state index contributed by atoms with van der Waals surface area (Å²) in [6, 6.07) is 9.81. The van der Waals surface area contributed by atoms with E-state index in [0.717, 1.165) is 29.0 Å². The van der Waals surface area contributed by atoms with Crippen molar-refractivity contribution in [3.8, 4) is 0 Å². The lowest BCUT2D eigenvalue weighted by atomic mass is 9.87. The number of ketones is 1. The molecule has 2 aromatic carbocycles. The third-order valence-corrected chi connectivity index (χ3v) is 10.9. The van der Waals surface area contributed by atoms with Gasteiger partial charge in [-0.3, -0.25) is 19.3 Å². The molecule has 0 spiro atoms. The number of hydrogen-bond donors (Lipinski definition) is 1. The lowest BCUT2D eigenvalue weighted by Gasteiger charge is -2.48. The topological polar surface area (TPSA) is 88.2 Å². The zero-order valence-corrected chi connectivity index (χ0v) is 28.3. The minimum Gasteiger partial charge on any atom is -0.466 e. The molecule has 6 rings (SSSR count). The van der Waals surface area contributed by atoms with Gasteiger partial charge in [-0.05, 0) is 69.2 Å². The third kappa shape index (κ3) is 7.14. The number of fused-ring (bicyclic) bond motifs is 1. The van der Waals surface area contributed by atoms with Crippen LogP contribution in [0.25, 0.3) is 10.1 Å². The number of nitrogens with zero attached hydrogens (tertiary/aromatic N) is 2. The van der Waals surface area contributed by atoms with Gasteiger partial charge in [0.25, 0.3) is 11.8 Å². The molecule has 13 heteroatoms. The normalized spacial score (nSPS) is 22.9. The van der Waals surface area contributed by atoms with E-state index in [1.165, 1.54) is 22.3 Å². The van der Waals surface area contributed by atoms with Gasteiger partial charge in [0.2, 0.25) is 5.85 Å². The number of thiophene rings is 1. The van der Waals surface area contributed by atoms with Gasteiger partial charge < -0.3 is 14.8 Å². The Bertz CT molecular complexity index is 1670. The van der Waals surface area contributed by atoms with Crippen LogP contribution in [0.2, 0.25) is 5.02 Å². The van der Waals surface area contributed by atoms with Gasteiger partial charge in [0.05, 0.1) is 41.4 Å². The Balaban J connectivity index is 1.26. The van der Waals surface area contributed by atoms with Crippen molar-refractivity contribution in [3.05, 3.63) is 63.7 Å². The summed E-state index contributed by atoms with van der Waals surface area (Å²) in [6.07, 6.45) is 2.02. The summed E-state index contributed by atoms with van der Waals surface area (Å²) in [5.41, 5.74) is 0.441. The van der Waals surface area contributed by atoms with Gasteiger partial charge in [0.15, 0.2) is 5.78 Å². The summed E-state index contributed by atoms with van der Waals surface area (Å²) < 4.78 is 58.1. The molecule has 2 aliphatic heterocycles. The van der Waals surface area contributed by atoms with E-state index in [9.17, 15) is 23.2 Å². The fourth-order valence-electron chi connectivity index (χ4n) is 7.14. The lowest BCUT2D eigenvalue weighted by Crippen LogP contribution is -2.67. The molecule has 3 aromatic rings. The summed E-state index contributed by atoms with van der Waals surface area (Å²) >= 11 is 7.97. The number of Topliss-reactive ketones (excluding diaryl/α,β-unsaturated/α-hetero) is 1. The van der Waals surface area contributed by atoms with Gasteiger partial charge >= 0.3 is 5.97 Å². The number of nitrogens with one attached hydrogen (secondary N) is 1. The maximum absolute atomic E-state index is 15.8. The fraction of sp³-hybridized carbons (Fsp3) is 0.514. The third-order valence-electron chi connectivity index (χ3n) is 9.58. The van der Waals surface area contributed by atoms with E-state index in [2.05, 4.69) is 5.32 Å². The van der Waals surface area contributed by atoms with Crippen LogP contribution in [0.5, 0.6) is 0 Å². The molecule has 1 atom stereocenters. The van der Waals surface area contributed by atoms with Crippen molar-refractivity contribution in [1.29, 1.82) is 0 Å². The van der Waals surface area contributed by atoms with Crippen LogP contribution in [0.1, 0.15) is 67.8 Å². The highest BCUT2D eigenvalue weighted by molar-refractivity contribution is 7.17. The second-order valence-corrected chi connectivity index (χ2v) is 14.1. The summed E-state index contributed by atoms with van der Waals surface area (Å²) in [5, 5.41) is 5.20. The molecule has 8 nitrogen and oxygen atoms in total. The SMILES string of the molecule is CCOC(=O)C1CCC(OC(C(=O)Cc2cc(Cl)c(NC(=O)c3csc4ccccc34)cc2F)(N2CCCC2)N2CCC(F)(F)C2)CC1. The van der Waals surface area contributed by atoms with Crippen LogP contribution < -0.4 is 5.32 Å². The minimum absolute atomic E-state index is 0.0322. The first-order valence-corrected chi connectivity index (χ1v) is 17.8. The van der Waals surface area contributed by atoms with E-state index in [4.69, 9.17) is 21.1 Å². The number of alkyl halides is 2. The fourth-order valence-corrected chi connectivity index (χ4v) is 8.32. The van der Waals surface area contributed by atoms with Crippen molar-refractivity contribution < 1.29 is 37.0 Å². The zero-order valence-electron chi connectivity index (χ0n) is 26.7. The highest BCUT2D eigenvalue weighted by Crippen LogP contribution is 2.41. The van der Waals surface area contributed by atoms with Gasteiger partial charge in [-0.1, -0.05) is 29.8 Å². The molecule has 0 bridgehead atoms. The maximum Gasteiger partial charge on any atom is 0.308 e. The summed E-state index contributed by atoms with van der Waals surface area (Å²) in [6.45, 7) is 2.21. The second-order valence-electron chi connectivity index (χ2n) is 12.8. The van der Waals surface area contributed by atoms with Crippen molar-refractivity contribution in [2.75, 3.05) is 38.1 Å². The molecule has 48 heavy (non-hydrogen) atoms. The van der Waals surface area contributed by atoms with Gasteiger partial charge in [0.1, 0.15) is 5.82 Å². The summed E-state index contributed by atoms with van der Waals surface area (Å²) in [4.78, 5) is 43.3. The predicted octanol–water partition coefficient (Wildman–Crippen LogP) is 7.29. The Hall–Kier alpha value is -3.03.